The van der Waals surface area contributed by atoms with E-state index >= 15 is 0 Å². The van der Waals surface area contributed by atoms with Gasteiger partial charge in [0, 0.05) is 12.4 Å². The third-order valence-electron chi connectivity index (χ3n) is 3.71. The van der Waals surface area contributed by atoms with Crippen LogP contribution >= 0.6 is 0 Å². The lowest BCUT2D eigenvalue weighted by molar-refractivity contribution is 0.0470. The number of hydrogen-bond donors (Lipinski definition) is 0. The second kappa shape index (κ2) is 6.47. The maximum atomic E-state index is 12.4. The van der Waals surface area contributed by atoms with E-state index < -0.39 is 5.97 Å². The fourth-order valence-corrected chi connectivity index (χ4v) is 2.44. The van der Waals surface area contributed by atoms with Gasteiger partial charge in [-0.15, -0.1) is 0 Å². The van der Waals surface area contributed by atoms with Gasteiger partial charge < -0.3 is 9.15 Å². The monoisotopic (exact) mass is 320 g/mol. The number of benzene rings is 1. The van der Waals surface area contributed by atoms with Gasteiger partial charge >= 0.3 is 5.97 Å². The second-order valence-corrected chi connectivity index (χ2v) is 5.48. The average molecular weight is 320 g/mol. The fraction of sp³-hybridized carbons (Fsp3) is 0.158. The van der Waals surface area contributed by atoms with E-state index in [0.717, 1.165) is 11.1 Å². The van der Waals surface area contributed by atoms with Crippen LogP contribution in [0.4, 0.5) is 0 Å². The number of aryl methyl sites for hydroxylation is 2. The molecule has 0 amide bonds. The molecular formula is C19H16N2O3. The molecule has 0 N–H and O–H groups in total. The first kappa shape index (κ1) is 15.6. The van der Waals surface area contributed by atoms with Gasteiger partial charge in [-0.2, -0.15) is 5.26 Å². The molecule has 0 aliphatic rings. The molecule has 3 rings (SSSR count). The van der Waals surface area contributed by atoms with E-state index in [1.54, 1.807) is 23.9 Å². The third-order valence-corrected chi connectivity index (χ3v) is 3.71. The molecule has 0 fully saturated rings. The van der Waals surface area contributed by atoms with E-state index in [4.69, 9.17) is 9.15 Å². The molecule has 24 heavy (non-hydrogen) atoms. The molecule has 0 spiro atoms. The molecule has 0 unspecified atom stereocenters. The van der Waals surface area contributed by atoms with Crippen LogP contribution in [0.3, 0.4) is 0 Å². The summed E-state index contributed by atoms with van der Waals surface area (Å²) < 4.78 is 12.6. The molecule has 0 saturated carbocycles. The Bertz CT molecular complexity index is 897. The van der Waals surface area contributed by atoms with Crippen LogP contribution in [0.25, 0.3) is 5.88 Å². The molecular weight excluding hydrogens is 304 g/mol. The summed E-state index contributed by atoms with van der Waals surface area (Å²) in [6.45, 7) is 3.79. The molecule has 2 heterocycles. The number of rotatable bonds is 4. The third kappa shape index (κ3) is 2.95. The van der Waals surface area contributed by atoms with Crippen LogP contribution in [0.15, 0.2) is 53.2 Å². The van der Waals surface area contributed by atoms with Crippen LogP contribution in [-0.2, 0) is 11.3 Å². The first-order chi connectivity index (χ1) is 11.6. The zero-order valence-corrected chi connectivity index (χ0v) is 13.4. The normalized spacial score (nSPS) is 10.4. The molecule has 120 valence electrons. The van der Waals surface area contributed by atoms with E-state index in [2.05, 4.69) is 0 Å². The molecule has 3 aromatic rings. The summed E-state index contributed by atoms with van der Waals surface area (Å²) in [5.41, 5.74) is 2.38. The quantitative estimate of drug-likeness (QED) is 0.683. The minimum Gasteiger partial charge on any atom is -0.457 e. The molecule has 0 radical (unpaired) electrons. The topological polar surface area (TPSA) is 68.2 Å². The second-order valence-electron chi connectivity index (χ2n) is 5.48. The Morgan fingerprint density at radius 3 is 2.50 bits per heavy atom. The summed E-state index contributed by atoms with van der Waals surface area (Å²) in [5, 5.41) is 9.44. The van der Waals surface area contributed by atoms with Gasteiger partial charge in [0.2, 0.25) is 5.88 Å². The number of hydrogen-bond acceptors (Lipinski definition) is 4. The smallest absolute Gasteiger partial charge is 0.343 e. The number of nitriles is 1. The van der Waals surface area contributed by atoms with Crippen molar-refractivity contribution in [3.8, 4) is 12.0 Å². The van der Waals surface area contributed by atoms with E-state index in [1.807, 2.05) is 49.4 Å². The SMILES string of the molecule is Cc1ccc(COC(=O)c2c(C)oc(-n3cccc3)c2C#N)cc1. The number of carbonyl (C=O) groups excluding carboxylic acids is 1. The number of furan rings is 1. The van der Waals surface area contributed by atoms with Gasteiger partial charge in [0.1, 0.15) is 29.6 Å². The molecule has 0 saturated heterocycles. The van der Waals surface area contributed by atoms with Gasteiger partial charge in [-0.05, 0) is 31.5 Å². The van der Waals surface area contributed by atoms with Crippen molar-refractivity contribution in [3.63, 3.8) is 0 Å². The van der Waals surface area contributed by atoms with Crippen molar-refractivity contribution in [2.24, 2.45) is 0 Å². The molecule has 5 heteroatoms. The minimum atomic E-state index is -0.563. The highest BCUT2D eigenvalue weighted by molar-refractivity contribution is 5.94. The molecule has 0 aliphatic heterocycles. The summed E-state index contributed by atoms with van der Waals surface area (Å²) in [5.74, 6) is 0.123. The lowest BCUT2D eigenvalue weighted by Gasteiger charge is -2.05. The maximum Gasteiger partial charge on any atom is 0.343 e. The molecule has 1 aromatic carbocycles. The van der Waals surface area contributed by atoms with Crippen molar-refractivity contribution in [2.75, 3.05) is 0 Å². The van der Waals surface area contributed by atoms with Crippen molar-refractivity contribution < 1.29 is 13.9 Å². The van der Waals surface area contributed by atoms with Crippen LogP contribution in [0, 0.1) is 25.2 Å². The number of carbonyl (C=O) groups is 1. The van der Waals surface area contributed by atoms with Gasteiger partial charge in [-0.1, -0.05) is 29.8 Å². The van der Waals surface area contributed by atoms with Crippen LogP contribution in [0.5, 0.6) is 0 Å². The van der Waals surface area contributed by atoms with Crippen molar-refractivity contribution >= 4 is 5.97 Å². The zero-order chi connectivity index (χ0) is 17.1. The first-order valence-corrected chi connectivity index (χ1v) is 7.49. The van der Waals surface area contributed by atoms with Gasteiger partial charge in [-0.25, -0.2) is 4.79 Å². The lowest BCUT2D eigenvalue weighted by Crippen LogP contribution is -2.08. The summed E-state index contributed by atoms with van der Waals surface area (Å²) >= 11 is 0. The largest absolute Gasteiger partial charge is 0.457 e. The first-order valence-electron chi connectivity index (χ1n) is 7.49. The Kier molecular flexibility index (Phi) is 4.21. The fourth-order valence-electron chi connectivity index (χ4n) is 2.44. The number of nitrogens with zero attached hydrogens (tertiary/aromatic N) is 2. The number of ether oxygens (including phenoxy) is 1. The Morgan fingerprint density at radius 2 is 1.88 bits per heavy atom. The van der Waals surface area contributed by atoms with Crippen molar-refractivity contribution in [3.05, 3.63) is 76.8 Å². The van der Waals surface area contributed by atoms with Crippen molar-refractivity contribution in [1.82, 2.24) is 4.57 Å². The molecule has 2 aromatic heterocycles. The summed E-state index contributed by atoms with van der Waals surface area (Å²) in [6.07, 6.45) is 3.50. The highest BCUT2D eigenvalue weighted by Crippen LogP contribution is 2.26. The Labute approximate surface area is 139 Å². The van der Waals surface area contributed by atoms with Crippen LogP contribution in [0.2, 0.25) is 0 Å². The Morgan fingerprint density at radius 1 is 1.21 bits per heavy atom. The van der Waals surface area contributed by atoms with Gasteiger partial charge in [-0.3, -0.25) is 4.57 Å². The maximum absolute atomic E-state index is 12.4. The van der Waals surface area contributed by atoms with Gasteiger partial charge in [0.05, 0.1) is 0 Å². The predicted octanol–water partition coefficient (Wildman–Crippen LogP) is 3.92. The van der Waals surface area contributed by atoms with Crippen LogP contribution in [0.1, 0.15) is 32.8 Å². The Hall–Kier alpha value is -3.26. The highest BCUT2D eigenvalue weighted by Gasteiger charge is 2.25. The van der Waals surface area contributed by atoms with E-state index in [0.29, 0.717) is 11.6 Å². The van der Waals surface area contributed by atoms with Gasteiger partial charge in [0.25, 0.3) is 0 Å². The lowest BCUT2D eigenvalue weighted by atomic mass is 10.1. The molecule has 5 nitrogen and oxygen atoms in total. The van der Waals surface area contributed by atoms with Crippen LogP contribution < -0.4 is 0 Å². The number of aromatic nitrogens is 1. The molecule has 0 bridgehead atoms. The zero-order valence-electron chi connectivity index (χ0n) is 13.4. The average Bonchev–Trinajstić information content (AvgIpc) is 3.21. The summed E-state index contributed by atoms with van der Waals surface area (Å²) in [4.78, 5) is 12.4. The minimum absolute atomic E-state index is 0.146. The van der Waals surface area contributed by atoms with E-state index in [1.165, 1.54) is 0 Å². The number of esters is 1. The molecule has 0 atom stereocenters. The molecule has 0 aliphatic carbocycles. The standard InChI is InChI=1S/C19H16N2O3/c1-13-5-7-15(8-6-13)12-23-19(22)17-14(2)24-18(16(17)11-20)21-9-3-4-10-21/h3-10H,12H2,1-2H3. The summed E-state index contributed by atoms with van der Waals surface area (Å²) in [7, 11) is 0. The van der Waals surface area contributed by atoms with Gasteiger partial charge in [0.15, 0.2) is 0 Å². The van der Waals surface area contributed by atoms with Crippen molar-refractivity contribution in [2.45, 2.75) is 20.5 Å². The van der Waals surface area contributed by atoms with Crippen molar-refractivity contribution in [1.29, 1.82) is 5.26 Å². The predicted molar refractivity (Wildman–Crippen MR) is 87.8 cm³/mol. The van der Waals surface area contributed by atoms with E-state index in [9.17, 15) is 10.1 Å². The van der Waals surface area contributed by atoms with Crippen LogP contribution in [-0.4, -0.2) is 10.5 Å². The Balaban J connectivity index is 1.85. The highest BCUT2D eigenvalue weighted by atomic mass is 16.5. The summed E-state index contributed by atoms with van der Waals surface area (Å²) in [6, 6.07) is 13.4. The van der Waals surface area contributed by atoms with E-state index in [-0.39, 0.29) is 17.7 Å².